The summed E-state index contributed by atoms with van der Waals surface area (Å²) in [5.41, 5.74) is 5.66. The molecule has 0 aromatic heterocycles. The molecule has 0 N–H and O–H groups in total. The van der Waals surface area contributed by atoms with Crippen LogP contribution in [-0.2, 0) is 11.5 Å². The predicted molar refractivity (Wildman–Crippen MR) is 139 cm³/mol. The third kappa shape index (κ3) is 3.59. The van der Waals surface area contributed by atoms with E-state index in [2.05, 4.69) is 72.8 Å². The van der Waals surface area contributed by atoms with Gasteiger partial charge in [-0.2, -0.15) is 10.5 Å². The second-order valence-corrected chi connectivity index (χ2v) is 10.3. The van der Waals surface area contributed by atoms with Crippen molar-refractivity contribution < 1.29 is 9.18 Å². The van der Waals surface area contributed by atoms with E-state index in [4.69, 9.17) is 0 Å². The average Bonchev–Trinajstić information content (AvgIpc) is 3.01. The Morgan fingerprint density at radius 3 is 1.73 bits per heavy atom. The highest BCUT2D eigenvalue weighted by atomic mass is 32.2. The van der Waals surface area contributed by atoms with Gasteiger partial charge < -0.3 is 0 Å². The van der Waals surface area contributed by atoms with E-state index in [0.29, 0.717) is 5.56 Å². The molecule has 1 aliphatic heterocycles. The quantitative estimate of drug-likeness (QED) is 0.199. The van der Waals surface area contributed by atoms with Gasteiger partial charge in [0.25, 0.3) is 0 Å². The molecule has 6 rings (SSSR count). The van der Waals surface area contributed by atoms with Crippen LogP contribution >= 0.6 is 10.5 Å². The van der Waals surface area contributed by atoms with E-state index in [1.54, 1.807) is 12.1 Å². The molecule has 1 heterocycles. The number of ketones is 1. The molecule has 0 amide bonds. The van der Waals surface area contributed by atoms with Crippen LogP contribution in [0.15, 0.2) is 97.1 Å². The molecule has 0 aliphatic carbocycles. The van der Waals surface area contributed by atoms with Gasteiger partial charge in [-0.1, -0.05) is 72.8 Å². The lowest BCUT2D eigenvalue weighted by Crippen LogP contribution is -2.02. The van der Waals surface area contributed by atoms with Crippen LogP contribution in [0.4, 0.5) is 4.39 Å². The van der Waals surface area contributed by atoms with Crippen molar-refractivity contribution in [2.24, 2.45) is 0 Å². The summed E-state index contributed by atoms with van der Waals surface area (Å²) in [7, 11) is -0.275. The fourth-order valence-corrected chi connectivity index (χ4v) is 6.82. The first kappa shape index (κ1) is 20.1. The number of carbonyl (C=O) groups is 1. The number of rotatable bonds is 2. The van der Waals surface area contributed by atoms with Gasteiger partial charge in [0.2, 0.25) is 0 Å². The molecule has 0 spiro atoms. The Morgan fingerprint density at radius 1 is 0.667 bits per heavy atom. The number of carbonyl (C=O) groups excluding carboxylic acids is 1. The van der Waals surface area contributed by atoms with Crippen molar-refractivity contribution in [1.82, 2.24) is 0 Å². The van der Waals surface area contributed by atoms with Gasteiger partial charge in [-0.3, -0.25) is 4.79 Å². The van der Waals surface area contributed by atoms with Gasteiger partial charge in [0.1, 0.15) is 5.82 Å². The van der Waals surface area contributed by atoms with Crippen LogP contribution in [0.25, 0.3) is 32.7 Å². The van der Waals surface area contributed by atoms with E-state index >= 15 is 0 Å². The highest BCUT2D eigenvalue weighted by Gasteiger charge is 2.21. The molecule has 0 saturated heterocycles. The molecule has 0 fully saturated rings. The maximum absolute atomic E-state index is 13.3. The SMILES string of the molecule is O=C(C=S1Cc2ccc3ccccc3c2-c2c(ccc3ccccc23)C1)c1ccc(F)cc1. The maximum Gasteiger partial charge on any atom is 0.191 e. The molecule has 0 unspecified atom stereocenters. The normalized spacial score (nSPS) is 13.4. The van der Waals surface area contributed by atoms with Crippen molar-refractivity contribution >= 4 is 43.2 Å². The van der Waals surface area contributed by atoms with E-state index in [9.17, 15) is 9.18 Å². The zero-order valence-electron chi connectivity index (χ0n) is 17.9. The Bertz CT molecular complexity index is 1490. The second-order valence-electron chi connectivity index (χ2n) is 8.46. The van der Waals surface area contributed by atoms with E-state index in [-0.39, 0.29) is 22.1 Å². The third-order valence-corrected chi connectivity index (χ3v) is 8.28. The van der Waals surface area contributed by atoms with Crippen molar-refractivity contribution in [1.29, 1.82) is 0 Å². The lowest BCUT2D eigenvalue weighted by Gasteiger charge is -2.15. The number of benzene rings is 5. The standard InChI is InChI=1S/C30H21FOS/c31-25-15-13-22(14-16-25)28(32)19-33-17-23-11-9-20-5-1-3-7-26(20)29(23)30-24(18-33)12-10-21-6-2-4-8-27(21)30/h1-16,19H,17-18H2. The highest BCUT2D eigenvalue weighted by molar-refractivity contribution is 8.14. The summed E-state index contributed by atoms with van der Waals surface area (Å²) in [5, 5.41) is 6.81. The minimum Gasteiger partial charge on any atom is -0.289 e. The van der Waals surface area contributed by atoms with Gasteiger partial charge in [-0.15, -0.1) is 0 Å². The molecule has 0 atom stereocenters. The van der Waals surface area contributed by atoms with Crippen LogP contribution in [0.1, 0.15) is 21.5 Å². The lowest BCUT2D eigenvalue weighted by atomic mass is 9.88. The fraction of sp³-hybridized carbons (Fsp3) is 0.0667. The van der Waals surface area contributed by atoms with Gasteiger partial charge in [-0.25, -0.2) is 4.39 Å². The summed E-state index contributed by atoms with van der Waals surface area (Å²) in [6, 6.07) is 31.7. The monoisotopic (exact) mass is 448 g/mol. The Kier molecular flexibility index (Phi) is 4.92. The largest absolute Gasteiger partial charge is 0.289 e. The van der Waals surface area contributed by atoms with Gasteiger partial charge in [0, 0.05) is 22.4 Å². The second kappa shape index (κ2) is 8.09. The van der Waals surface area contributed by atoms with Gasteiger partial charge in [-0.05, 0) is 68.1 Å². The summed E-state index contributed by atoms with van der Waals surface area (Å²) in [4.78, 5) is 13.0. The fourth-order valence-electron chi connectivity index (χ4n) is 4.83. The molecule has 1 aliphatic rings. The van der Waals surface area contributed by atoms with Gasteiger partial charge in [0.05, 0.1) is 0 Å². The molecular formula is C30H21FOS. The maximum atomic E-state index is 13.3. The Labute approximate surface area is 194 Å². The van der Waals surface area contributed by atoms with E-state index in [1.807, 2.05) is 5.37 Å². The van der Waals surface area contributed by atoms with E-state index in [1.165, 1.54) is 55.9 Å². The minimum atomic E-state index is -0.329. The first-order valence-corrected chi connectivity index (χ1v) is 12.6. The zero-order chi connectivity index (χ0) is 22.4. The van der Waals surface area contributed by atoms with Gasteiger partial charge in [0.15, 0.2) is 5.78 Å². The summed E-state index contributed by atoms with van der Waals surface area (Å²) in [6.45, 7) is 0. The number of halogens is 1. The predicted octanol–water partition coefficient (Wildman–Crippen LogP) is 7.77. The van der Waals surface area contributed by atoms with Crippen LogP contribution < -0.4 is 0 Å². The van der Waals surface area contributed by atoms with Crippen molar-refractivity contribution in [3.05, 3.63) is 120 Å². The molecule has 0 bridgehead atoms. The summed E-state index contributed by atoms with van der Waals surface area (Å²) >= 11 is 0. The Hall–Kier alpha value is -3.56. The highest BCUT2D eigenvalue weighted by Crippen LogP contribution is 2.45. The Morgan fingerprint density at radius 2 is 1.18 bits per heavy atom. The third-order valence-electron chi connectivity index (χ3n) is 6.36. The first-order chi connectivity index (χ1) is 16.2. The van der Waals surface area contributed by atoms with Crippen LogP contribution in [0.5, 0.6) is 0 Å². The molecule has 160 valence electrons. The van der Waals surface area contributed by atoms with Crippen molar-refractivity contribution in [3.63, 3.8) is 0 Å². The van der Waals surface area contributed by atoms with Crippen LogP contribution in [0.3, 0.4) is 0 Å². The summed E-state index contributed by atoms with van der Waals surface area (Å²) in [6.07, 6.45) is 0. The van der Waals surface area contributed by atoms with Crippen LogP contribution in [-0.4, -0.2) is 11.2 Å². The molecule has 3 heteroatoms. The number of hydrogen-bond donors (Lipinski definition) is 0. The van der Waals surface area contributed by atoms with Crippen molar-refractivity contribution in [3.8, 4) is 11.1 Å². The average molecular weight is 449 g/mol. The Balaban J connectivity index is 1.59. The lowest BCUT2D eigenvalue weighted by molar-refractivity contribution is 0.107. The van der Waals surface area contributed by atoms with Crippen LogP contribution in [0.2, 0.25) is 0 Å². The molecule has 33 heavy (non-hydrogen) atoms. The van der Waals surface area contributed by atoms with Crippen LogP contribution in [0, 0.1) is 5.82 Å². The molecular weight excluding hydrogens is 427 g/mol. The molecule has 1 nitrogen and oxygen atoms in total. The van der Waals surface area contributed by atoms with E-state index in [0.717, 1.165) is 11.5 Å². The van der Waals surface area contributed by atoms with Crippen molar-refractivity contribution in [2.45, 2.75) is 11.5 Å². The van der Waals surface area contributed by atoms with E-state index < -0.39 is 0 Å². The zero-order valence-corrected chi connectivity index (χ0v) is 18.7. The van der Waals surface area contributed by atoms with Gasteiger partial charge >= 0.3 is 0 Å². The molecule has 5 aromatic rings. The molecule has 0 radical (unpaired) electrons. The summed E-state index contributed by atoms with van der Waals surface area (Å²) < 4.78 is 13.3. The number of hydrogen-bond acceptors (Lipinski definition) is 1. The first-order valence-electron chi connectivity index (χ1n) is 11.0. The smallest absolute Gasteiger partial charge is 0.191 e. The molecule has 5 aromatic carbocycles. The minimum absolute atomic E-state index is 0.0371. The summed E-state index contributed by atoms with van der Waals surface area (Å²) in [5.74, 6) is 1.27. The topological polar surface area (TPSA) is 17.1 Å². The number of fused-ring (bicyclic) bond motifs is 7. The van der Waals surface area contributed by atoms with Crippen molar-refractivity contribution in [2.75, 3.05) is 0 Å². The number of Topliss-reactive ketones (excluding diaryl/α,β-unsaturated/α-hetero) is 1. The molecule has 0 saturated carbocycles.